The predicted molar refractivity (Wildman–Crippen MR) is 135 cm³/mol. The molecule has 0 aliphatic carbocycles. The highest BCUT2D eigenvalue weighted by atomic mass is 32.1. The van der Waals surface area contributed by atoms with Crippen LogP contribution >= 0.6 is 11.3 Å². The zero-order valence-corrected chi connectivity index (χ0v) is 23.0. The molecule has 0 radical (unpaired) electrons. The van der Waals surface area contributed by atoms with Crippen molar-refractivity contribution in [3.8, 4) is 0 Å². The Kier molecular flexibility index (Phi) is 10.8. The lowest BCUT2D eigenvalue weighted by atomic mass is 9.89. The molecule has 1 heterocycles. The van der Waals surface area contributed by atoms with Gasteiger partial charge in [-0.2, -0.15) is 26.3 Å². The zero-order valence-electron chi connectivity index (χ0n) is 22.2. The van der Waals surface area contributed by atoms with Crippen LogP contribution in [0.25, 0.3) is 0 Å². The van der Waals surface area contributed by atoms with Crippen molar-refractivity contribution in [2.45, 2.75) is 70.9 Å². The highest BCUT2D eigenvalue weighted by molar-refractivity contribution is 7.13. The van der Waals surface area contributed by atoms with E-state index in [1.54, 1.807) is 5.38 Å². The monoisotopic (exact) mass is 582 g/mol. The standard InChI is InChI=1S/C25H32F6N4O3S/c1-6-35(7-2)23(3,4)9-8-18(19-14-39-21(33-19)34-22(37)38-5)20(36)32-13-15-10-16(24(26,27)28)12-17(11-15)25(29,30)31/h10-12,14,18H,6-9,13H2,1-5H3,(H,32,36)(H,33,34,37). The van der Waals surface area contributed by atoms with E-state index in [1.165, 1.54) is 7.11 Å². The summed E-state index contributed by atoms with van der Waals surface area (Å²) in [5, 5.41) is 6.61. The molecule has 1 aromatic heterocycles. The van der Waals surface area contributed by atoms with Crippen LogP contribution in [0.5, 0.6) is 0 Å². The number of ether oxygens (including phenoxy) is 1. The van der Waals surface area contributed by atoms with Crippen LogP contribution in [0.15, 0.2) is 23.6 Å². The number of benzene rings is 1. The summed E-state index contributed by atoms with van der Waals surface area (Å²) in [7, 11) is 1.17. The quantitative estimate of drug-likeness (QED) is 0.290. The average molecular weight is 583 g/mol. The first-order valence-electron chi connectivity index (χ1n) is 12.1. The van der Waals surface area contributed by atoms with E-state index in [0.717, 1.165) is 24.4 Å². The SMILES string of the molecule is CCN(CC)C(C)(C)CCC(C(=O)NCc1cc(C(F)(F)F)cc(C(F)(F)F)c1)c1csc(NC(=O)OC)n1. The van der Waals surface area contributed by atoms with Crippen LogP contribution in [0.4, 0.5) is 36.3 Å². The molecule has 39 heavy (non-hydrogen) atoms. The summed E-state index contributed by atoms with van der Waals surface area (Å²) < 4.78 is 83.9. The smallest absolute Gasteiger partial charge is 0.416 e. The van der Waals surface area contributed by atoms with E-state index in [2.05, 4.69) is 25.3 Å². The first-order valence-corrected chi connectivity index (χ1v) is 13.0. The number of anilines is 1. The Labute approximate surface area is 226 Å². The summed E-state index contributed by atoms with van der Waals surface area (Å²) in [6.45, 7) is 9.01. The Morgan fingerprint density at radius 1 is 1.03 bits per heavy atom. The van der Waals surface area contributed by atoms with E-state index < -0.39 is 47.9 Å². The van der Waals surface area contributed by atoms with Crippen LogP contribution in [0.2, 0.25) is 0 Å². The number of carbonyl (C=O) groups is 2. The maximum Gasteiger partial charge on any atom is 0.416 e. The van der Waals surface area contributed by atoms with Gasteiger partial charge in [0.05, 0.1) is 29.8 Å². The molecule has 1 atom stereocenters. The van der Waals surface area contributed by atoms with Gasteiger partial charge in [-0.1, -0.05) is 13.8 Å². The number of methoxy groups -OCH3 is 1. The Balaban J connectivity index is 2.33. The zero-order chi connectivity index (χ0) is 29.6. The molecule has 0 spiro atoms. The van der Waals surface area contributed by atoms with Crippen molar-refractivity contribution in [2.24, 2.45) is 0 Å². The number of carbonyl (C=O) groups excluding carboxylic acids is 2. The summed E-state index contributed by atoms with van der Waals surface area (Å²) in [6.07, 6.45) is -9.94. The number of aromatic nitrogens is 1. The van der Waals surface area contributed by atoms with Gasteiger partial charge in [0.15, 0.2) is 5.13 Å². The molecule has 7 nitrogen and oxygen atoms in total. The molecule has 2 aromatic rings. The maximum atomic E-state index is 13.3. The van der Waals surface area contributed by atoms with E-state index in [9.17, 15) is 35.9 Å². The molecule has 1 unspecified atom stereocenters. The number of thiazole rings is 1. The Bertz CT molecular complexity index is 1100. The van der Waals surface area contributed by atoms with Crippen molar-refractivity contribution >= 4 is 28.5 Å². The summed E-state index contributed by atoms with van der Waals surface area (Å²) >= 11 is 1.05. The van der Waals surface area contributed by atoms with Crippen LogP contribution in [0, 0.1) is 0 Å². The van der Waals surface area contributed by atoms with Crippen LogP contribution in [-0.4, -0.2) is 47.6 Å². The molecule has 0 aliphatic rings. The van der Waals surface area contributed by atoms with Gasteiger partial charge in [-0.15, -0.1) is 11.3 Å². The molecule has 0 saturated heterocycles. The third-order valence-electron chi connectivity index (χ3n) is 6.37. The Hall–Kier alpha value is -2.87. The molecule has 0 fully saturated rings. The minimum atomic E-state index is -5.00. The molecular weight excluding hydrogens is 550 g/mol. The Morgan fingerprint density at radius 3 is 2.08 bits per heavy atom. The highest BCUT2D eigenvalue weighted by Gasteiger charge is 2.37. The van der Waals surface area contributed by atoms with Crippen molar-refractivity contribution in [1.82, 2.24) is 15.2 Å². The molecule has 14 heteroatoms. The lowest BCUT2D eigenvalue weighted by Crippen LogP contribution is -2.44. The number of rotatable bonds is 11. The Morgan fingerprint density at radius 2 is 1.59 bits per heavy atom. The average Bonchev–Trinajstić information content (AvgIpc) is 3.29. The highest BCUT2D eigenvalue weighted by Crippen LogP contribution is 2.36. The van der Waals surface area contributed by atoms with Gasteiger partial charge in [-0.25, -0.2) is 9.78 Å². The van der Waals surface area contributed by atoms with E-state index in [0.29, 0.717) is 24.2 Å². The normalized spacial score (nSPS) is 13.3. The van der Waals surface area contributed by atoms with Crippen molar-refractivity contribution in [2.75, 3.05) is 25.5 Å². The molecule has 2 N–H and O–H groups in total. The van der Waals surface area contributed by atoms with Crippen molar-refractivity contribution in [3.63, 3.8) is 0 Å². The molecule has 2 amide bonds. The number of alkyl halides is 6. The second-order valence-corrected chi connectivity index (χ2v) is 10.3. The fourth-order valence-corrected chi connectivity index (χ4v) is 4.97. The summed E-state index contributed by atoms with van der Waals surface area (Å²) in [6, 6.07) is 1.19. The molecule has 0 bridgehead atoms. The second kappa shape index (κ2) is 13.0. The molecule has 1 aromatic carbocycles. The maximum absolute atomic E-state index is 13.3. The first kappa shape index (κ1) is 32.3. The minimum Gasteiger partial charge on any atom is -0.453 e. The van der Waals surface area contributed by atoms with E-state index >= 15 is 0 Å². The minimum absolute atomic E-state index is 0.0362. The van der Waals surface area contributed by atoms with Gasteiger partial charge in [0, 0.05) is 17.5 Å². The summed E-state index contributed by atoms with van der Waals surface area (Å²) in [5.74, 6) is -1.50. The van der Waals surface area contributed by atoms with Crippen LogP contribution in [-0.2, 0) is 28.4 Å². The third kappa shape index (κ3) is 9.09. The number of halogens is 6. The van der Waals surface area contributed by atoms with Crippen LogP contribution in [0.3, 0.4) is 0 Å². The van der Waals surface area contributed by atoms with Crippen LogP contribution in [0.1, 0.15) is 68.8 Å². The lowest BCUT2D eigenvalue weighted by molar-refractivity contribution is -0.143. The van der Waals surface area contributed by atoms with Gasteiger partial charge in [0.1, 0.15) is 0 Å². The summed E-state index contributed by atoms with van der Waals surface area (Å²) in [4.78, 5) is 31.3. The van der Waals surface area contributed by atoms with Gasteiger partial charge in [-0.3, -0.25) is 15.0 Å². The topological polar surface area (TPSA) is 83.6 Å². The van der Waals surface area contributed by atoms with Gasteiger partial charge >= 0.3 is 18.4 Å². The fourth-order valence-electron chi connectivity index (χ4n) is 4.22. The van der Waals surface area contributed by atoms with Gasteiger partial charge in [0.25, 0.3) is 0 Å². The van der Waals surface area contributed by atoms with E-state index in [1.807, 2.05) is 27.7 Å². The van der Waals surface area contributed by atoms with Gasteiger partial charge in [0.2, 0.25) is 5.91 Å². The van der Waals surface area contributed by atoms with E-state index in [-0.39, 0.29) is 28.7 Å². The third-order valence-corrected chi connectivity index (χ3v) is 7.14. The van der Waals surface area contributed by atoms with Crippen molar-refractivity contribution in [3.05, 3.63) is 46.0 Å². The first-order chi connectivity index (χ1) is 18.0. The molecule has 218 valence electrons. The number of hydrogen-bond donors (Lipinski definition) is 2. The van der Waals surface area contributed by atoms with Gasteiger partial charge in [-0.05, 0) is 63.5 Å². The molecule has 0 aliphatic heterocycles. The second-order valence-electron chi connectivity index (χ2n) is 9.40. The van der Waals surface area contributed by atoms with Crippen molar-refractivity contribution in [1.29, 1.82) is 0 Å². The van der Waals surface area contributed by atoms with E-state index in [4.69, 9.17) is 0 Å². The molecule has 0 saturated carbocycles. The lowest BCUT2D eigenvalue weighted by Gasteiger charge is -2.38. The number of hydrogen-bond acceptors (Lipinski definition) is 6. The van der Waals surface area contributed by atoms with Crippen molar-refractivity contribution < 1.29 is 40.7 Å². The number of amides is 2. The van der Waals surface area contributed by atoms with Gasteiger partial charge < -0.3 is 10.1 Å². The summed E-state index contributed by atoms with van der Waals surface area (Å²) in [5.41, 5.74) is -3.28. The molecular formula is C25H32F6N4O3S. The molecule has 2 rings (SSSR count). The van der Waals surface area contributed by atoms with Crippen LogP contribution < -0.4 is 10.6 Å². The fraction of sp³-hybridized carbons (Fsp3) is 0.560. The number of nitrogens with zero attached hydrogens (tertiary/aromatic N) is 2. The predicted octanol–water partition coefficient (Wildman–Crippen LogP) is 6.66. The largest absolute Gasteiger partial charge is 0.453 e. The number of nitrogens with one attached hydrogen (secondary N) is 2.